The van der Waals surface area contributed by atoms with Gasteiger partial charge in [0.1, 0.15) is 12.3 Å². The fraction of sp³-hybridized carbons (Fsp3) is 0.538. The van der Waals surface area contributed by atoms with E-state index >= 15 is 0 Å². The molecule has 0 radical (unpaired) electrons. The molecule has 16 heavy (non-hydrogen) atoms. The van der Waals surface area contributed by atoms with Gasteiger partial charge in [0, 0.05) is 6.20 Å². The first-order valence-electron chi connectivity index (χ1n) is 5.61. The third kappa shape index (κ3) is 2.08. The van der Waals surface area contributed by atoms with Crippen molar-refractivity contribution in [1.29, 1.82) is 0 Å². The minimum absolute atomic E-state index is 0.143. The van der Waals surface area contributed by atoms with E-state index in [9.17, 15) is 0 Å². The number of aliphatic imine (C=N–C) groups is 1. The van der Waals surface area contributed by atoms with Gasteiger partial charge in [-0.3, -0.25) is 4.98 Å². The number of hydrogen-bond donors (Lipinski definition) is 0. The molecule has 0 spiro atoms. The summed E-state index contributed by atoms with van der Waals surface area (Å²) >= 11 is 0. The predicted molar refractivity (Wildman–Crippen MR) is 64.7 cm³/mol. The SMILES string of the molecule is Cc1cccnc1C1=N[C@@H](C(C)(C)C)CO1. The Morgan fingerprint density at radius 2 is 2.12 bits per heavy atom. The van der Waals surface area contributed by atoms with E-state index < -0.39 is 0 Å². The molecule has 0 N–H and O–H groups in total. The van der Waals surface area contributed by atoms with Crippen LogP contribution in [0.15, 0.2) is 23.3 Å². The quantitative estimate of drug-likeness (QED) is 0.726. The molecule has 0 saturated carbocycles. The Labute approximate surface area is 96.6 Å². The lowest BCUT2D eigenvalue weighted by Crippen LogP contribution is -2.25. The Morgan fingerprint density at radius 3 is 2.69 bits per heavy atom. The normalized spacial score (nSPS) is 20.5. The summed E-state index contributed by atoms with van der Waals surface area (Å²) in [7, 11) is 0. The van der Waals surface area contributed by atoms with Crippen molar-refractivity contribution in [3.8, 4) is 0 Å². The summed E-state index contributed by atoms with van der Waals surface area (Å²) in [6.45, 7) is 9.23. The molecule has 1 aromatic heterocycles. The van der Waals surface area contributed by atoms with Crippen LogP contribution < -0.4 is 0 Å². The highest BCUT2D eigenvalue weighted by Gasteiger charge is 2.31. The van der Waals surface area contributed by atoms with Crippen LogP contribution in [0, 0.1) is 12.3 Å². The van der Waals surface area contributed by atoms with Crippen molar-refractivity contribution in [3.63, 3.8) is 0 Å². The fourth-order valence-electron chi connectivity index (χ4n) is 1.66. The molecule has 3 heteroatoms. The second-order valence-corrected chi connectivity index (χ2v) is 5.30. The third-order valence-corrected chi connectivity index (χ3v) is 2.86. The van der Waals surface area contributed by atoms with Crippen LogP contribution in [0.5, 0.6) is 0 Å². The van der Waals surface area contributed by atoms with E-state index in [4.69, 9.17) is 4.74 Å². The minimum atomic E-state index is 0.143. The van der Waals surface area contributed by atoms with Gasteiger partial charge in [-0.05, 0) is 24.0 Å². The van der Waals surface area contributed by atoms with Crippen LogP contribution in [0.3, 0.4) is 0 Å². The number of pyridine rings is 1. The first-order valence-corrected chi connectivity index (χ1v) is 5.61. The molecule has 0 unspecified atom stereocenters. The van der Waals surface area contributed by atoms with Gasteiger partial charge in [0.2, 0.25) is 5.90 Å². The largest absolute Gasteiger partial charge is 0.474 e. The summed E-state index contributed by atoms with van der Waals surface area (Å²) < 4.78 is 5.65. The Kier molecular flexibility index (Phi) is 2.70. The van der Waals surface area contributed by atoms with E-state index in [0.29, 0.717) is 12.5 Å². The van der Waals surface area contributed by atoms with Crippen molar-refractivity contribution in [2.24, 2.45) is 10.4 Å². The second kappa shape index (κ2) is 3.89. The highest BCUT2D eigenvalue weighted by Crippen LogP contribution is 2.27. The zero-order chi connectivity index (χ0) is 11.8. The van der Waals surface area contributed by atoms with Crippen molar-refractivity contribution in [1.82, 2.24) is 4.98 Å². The first kappa shape index (κ1) is 11.1. The van der Waals surface area contributed by atoms with Crippen molar-refractivity contribution in [2.45, 2.75) is 33.7 Å². The van der Waals surface area contributed by atoms with Crippen LogP contribution in [0.2, 0.25) is 0 Å². The van der Waals surface area contributed by atoms with Gasteiger partial charge in [-0.15, -0.1) is 0 Å². The summed E-state index contributed by atoms with van der Waals surface area (Å²) in [5, 5.41) is 0. The predicted octanol–water partition coefficient (Wildman–Crippen LogP) is 2.58. The molecular formula is C13H18N2O. The highest BCUT2D eigenvalue weighted by molar-refractivity contribution is 5.94. The van der Waals surface area contributed by atoms with Gasteiger partial charge in [0.05, 0.1) is 6.04 Å². The van der Waals surface area contributed by atoms with Gasteiger partial charge >= 0.3 is 0 Å². The van der Waals surface area contributed by atoms with Crippen LogP contribution in [-0.4, -0.2) is 23.5 Å². The number of hydrogen-bond acceptors (Lipinski definition) is 3. The summed E-state index contributed by atoms with van der Waals surface area (Å²) in [4.78, 5) is 8.94. The molecule has 0 aromatic carbocycles. The third-order valence-electron chi connectivity index (χ3n) is 2.86. The van der Waals surface area contributed by atoms with Crippen LogP contribution >= 0.6 is 0 Å². The zero-order valence-corrected chi connectivity index (χ0v) is 10.3. The van der Waals surface area contributed by atoms with E-state index in [-0.39, 0.29) is 11.5 Å². The van der Waals surface area contributed by atoms with Crippen molar-refractivity contribution in [2.75, 3.05) is 6.61 Å². The number of aryl methyl sites for hydroxylation is 1. The average Bonchev–Trinajstić information content (AvgIpc) is 2.66. The van der Waals surface area contributed by atoms with Gasteiger partial charge < -0.3 is 4.74 Å². The van der Waals surface area contributed by atoms with Crippen LogP contribution in [0.25, 0.3) is 0 Å². The van der Waals surface area contributed by atoms with E-state index in [1.165, 1.54) is 0 Å². The van der Waals surface area contributed by atoms with Gasteiger partial charge in [-0.2, -0.15) is 0 Å². The van der Waals surface area contributed by atoms with Gasteiger partial charge in [0.25, 0.3) is 0 Å². The molecule has 0 fully saturated rings. The number of rotatable bonds is 1. The van der Waals surface area contributed by atoms with Crippen molar-refractivity contribution < 1.29 is 4.74 Å². The van der Waals surface area contributed by atoms with Crippen LogP contribution in [-0.2, 0) is 4.74 Å². The number of aromatic nitrogens is 1. The Hall–Kier alpha value is -1.38. The summed E-state index contributed by atoms with van der Waals surface area (Å²) in [6.07, 6.45) is 1.78. The topological polar surface area (TPSA) is 34.5 Å². The Morgan fingerprint density at radius 1 is 1.38 bits per heavy atom. The maximum Gasteiger partial charge on any atom is 0.236 e. The van der Waals surface area contributed by atoms with Crippen LogP contribution in [0.4, 0.5) is 0 Å². The second-order valence-electron chi connectivity index (χ2n) is 5.30. The van der Waals surface area contributed by atoms with E-state index in [2.05, 4.69) is 30.7 Å². The fourth-order valence-corrected chi connectivity index (χ4v) is 1.66. The zero-order valence-electron chi connectivity index (χ0n) is 10.3. The van der Waals surface area contributed by atoms with Crippen LogP contribution in [0.1, 0.15) is 32.0 Å². The maximum atomic E-state index is 5.65. The monoisotopic (exact) mass is 218 g/mol. The standard InChI is InChI=1S/C13H18N2O/c1-9-6-5-7-14-11(9)12-15-10(8-16-12)13(2,3)4/h5-7,10H,8H2,1-4H3/t10-/m1/s1. The van der Waals surface area contributed by atoms with Gasteiger partial charge in [0.15, 0.2) is 0 Å². The molecule has 1 aliphatic rings. The molecule has 0 saturated heterocycles. The van der Waals surface area contributed by atoms with Gasteiger partial charge in [-0.1, -0.05) is 26.8 Å². The number of nitrogens with zero attached hydrogens (tertiary/aromatic N) is 2. The minimum Gasteiger partial charge on any atom is -0.474 e. The highest BCUT2D eigenvalue weighted by atomic mass is 16.5. The first-order chi connectivity index (χ1) is 7.48. The van der Waals surface area contributed by atoms with E-state index in [0.717, 1.165) is 11.3 Å². The summed E-state index contributed by atoms with van der Waals surface area (Å²) in [5.41, 5.74) is 2.12. The van der Waals surface area contributed by atoms with E-state index in [1.54, 1.807) is 6.20 Å². The maximum absolute atomic E-state index is 5.65. The van der Waals surface area contributed by atoms with Gasteiger partial charge in [-0.25, -0.2) is 4.99 Å². The number of ether oxygens (including phenoxy) is 1. The molecule has 1 atom stereocenters. The van der Waals surface area contributed by atoms with Crippen molar-refractivity contribution in [3.05, 3.63) is 29.6 Å². The molecule has 0 aliphatic carbocycles. The smallest absolute Gasteiger partial charge is 0.236 e. The summed E-state index contributed by atoms with van der Waals surface area (Å²) in [5.74, 6) is 0.693. The molecule has 3 nitrogen and oxygen atoms in total. The van der Waals surface area contributed by atoms with E-state index in [1.807, 2.05) is 19.1 Å². The lowest BCUT2D eigenvalue weighted by atomic mass is 9.88. The Bertz CT molecular complexity index is 418. The lowest BCUT2D eigenvalue weighted by Gasteiger charge is -2.21. The molecule has 0 bridgehead atoms. The average molecular weight is 218 g/mol. The molecule has 2 rings (SSSR count). The molecule has 86 valence electrons. The van der Waals surface area contributed by atoms with Crippen molar-refractivity contribution >= 4 is 5.90 Å². The Balaban J connectivity index is 2.28. The molecule has 2 heterocycles. The molecule has 1 aliphatic heterocycles. The molecular weight excluding hydrogens is 200 g/mol. The summed E-state index contributed by atoms with van der Waals surface area (Å²) in [6, 6.07) is 4.18. The lowest BCUT2D eigenvalue weighted by molar-refractivity contribution is 0.235. The molecule has 0 amide bonds. The molecule has 1 aromatic rings.